The van der Waals surface area contributed by atoms with E-state index in [1.807, 2.05) is 36.1 Å². The van der Waals surface area contributed by atoms with Gasteiger partial charge in [0.15, 0.2) is 0 Å². The molecule has 0 bridgehead atoms. The lowest BCUT2D eigenvalue weighted by atomic mass is 10.1. The highest BCUT2D eigenvalue weighted by molar-refractivity contribution is 7.13. The highest BCUT2D eigenvalue weighted by Gasteiger charge is 2.20. The predicted octanol–water partition coefficient (Wildman–Crippen LogP) is 1.44. The molecule has 138 valence electrons. The van der Waals surface area contributed by atoms with Crippen molar-refractivity contribution in [3.8, 4) is 0 Å². The van der Waals surface area contributed by atoms with Crippen molar-refractivity contribution in [2.75, 3.05) is 26.2 Å². The maximum Gasteiger partial charge on any atom is 0.282 e. The van der Waals surface area contributed by atoms with Gasteiger partial charge in [-0.15, -0.1) is 10.2 Å². The summed E-state index contributed by atoms with van der Waals surface area (Å²) in [5.74, 6) is -0.0798. The van der Waals surface area contributed by atoms with Crippen LogP contribution in [0.2, 0.25) is 0 Å². The Morgan fingerprint density at radius 3 is 2.46 bits per heavy atom. The van der Waals surface area contributed by atoms with Gasteiger partial charge in [-0.2, -0.15) is 0 Å². The zero-order valence-electron chi connectivity index (χ0n) is 15.1. The Bertz CT molecular complexity index is 766. The van der Waals surface area contributed by atoms with Crippen LogP contribution in [-0.4, -0.2) is 58.0 Å². The van der Waals surface area contributed by atoms with Gasteiger partial charge in [-0.3, -0.25) is 14.5 Å². The molecule has 2 aromatic rings. The van der Waals surface area contributed by atoms with Crippen molar-refractivity contribution in [2.45, 2.75) is 26.9 Å². The van der Waals surface area contributed by atoms with Gasteiger partial charge in [-0.1, -0.05) is 41.2 Å². The number of benzene rings is 1. The Morgan fingerprint density at radius 2 is 1.81 bits per heavy atom. The van der Waals surface area contributed by atoms with Gasteiger partial charge in [0, 0.05) is 39.6 Å². The minimum absolute atomic E-state index is 0.119. The second-order valence-electron chi connectivity index (χ2n) is 6.45. The fourth-order valence-electron chi connectivity index (χ4n) is 2.79. The number of carbonyl (C=O) groups excluding carboxylic acids is 2. The van der Waals surface area contributed by atoms with Crippen LogP contribution < -0.4 is 5.32 Å². The molecular formula is C18H23N5O2S. The molecule has 1 aliphatic heterocycles. The minimum atomic E-state index is -0.198. The summed E-state index contributed by atoms with van der Waals surface area (Å²) in [6.07, 6.45) is 0. The van der Waals surface area contributed by atoms with Crippen molar-refractivity contribution >= 4 is 23.2 Å². The lowest BCUT2D eigenvalue weighted by Gasteiger charge is -2.33. The average Bonchev–Trinajstić information content (AvgIpc) is 3.10. The van der Waals surface area contributed by atoms with E-state index < -0.39 is 0 Å². The summed E-state index contributed by atoms with van der Waals surface area (Å²) in [5.41, 5.74) is 2.25. The van der Waals surface area contributed by atoms with Crippen LogP contribution >= 0.6 is 11.3 Å². The maximum absolute atomic E-state index is 12.2. The number of hydrogen-bond donors (Lipinski definition) is 1. The zero-order valence-corrected chi connectivity index (χ0v) is 15.9. The molecular weight excluding hydrogens is 350 g/mol. The van der Waals surface area contributed by atoms with Crippen LogP contribution in [0.3, 0.4) is 0 Å². The maximum atomic E-state index is 12.2. The number of aryl methyl sites for hydroxylation is 1. The van der Waals surface area contributed by atoms with Crippen molar-refractivity contribution in [1.82, 2.24) is 25.3 Å². The number of aromatic nitrogens is 2. The summed E-state index contributed by atoms with van der Waals surface area (Å²) in [7, 11) is 0. The number of nitrogens with one attached hydrogen (secondary N) is 1. The molecule has 0 aliphatic carbocycles. The van der Waals surface area contributed by atoms with Gasteiger partial charge in [0.25, 0.3) is 5.91 Å². The third-order valence-corrected chi connectivity index (χ3v) is 5.32. The molecule has 0 unspecified atom stereocenters. The van der Waals surface area contributed by atoms with Crippen LogP contribution in [0.4, 0.5) is 0 Å². The minimum Gasteiger partial charge on any atom is -0.346 e. The van der Waals surface area contributed by atoms with Crippen molar-refractivity contribution < 1.29 is 9.59 Å². The molecule has 2 amide bonds. The van der Waals surface area contributed by atoms with Crippen LogP contribution in [0.15, 0.2) is 24.3 Å². The van der Waals surface area contributed by atoms with Gasteiger partial charge >= 0.3 is 0 Å². The number of piperazine rings is 1. The fourth-order valence-corrected chi connectivity index (χ4v) is 3.58. The summed E-state index contributed by atoms with van der Waals surface area (Å²) in [6.45, 7) is 7.86. The first-order valence-corrected chi connectivity index (χ1v) is 9.47. The second kappa shape index (κ2) is 8.37. The highest BCUT2D eigenvalue weighted by atomic mass is 32.1. The van der Waals surface area contributed by atoms with Crippen molar-refractivity contribution in [2.24, 2.45) is 0 Å². The molecule has 8 heteroatoms. The number of carbonyl (C=O) groups is 2. The van der Waals surface area contributed by atoms with Gasteiger partial charge in [-0.05, 0) is 12.5 Å². The molecule has 1 N–H and O–H groups in total. The molecule has 1 saturated heterocycles. The first-order valence-electron chi connectivity index (χ1n) is 8.65. The van der Waals surface area contributed by atoms with Crippen LogP contribution in [0.1, 0.15) is 32.9 Å². The van der Waals surface area contributed by atoms with Crippen LogP contribution in [0.25, 0.3) is 0 Å². The molecule has 0 radical (unpaired) electrons. The van der Waals surface area contributed by atoms with E-state index in [2.05, 4.69) is 20.4 Å². The first kappa shape index (κ1) is 18.5. The molecule has 0 atom stereocenters. The summed E-state index contributed by atoms with van der Waals surface area (Å²) in [4.78, 5) is 27.7. The molecule has 0 saturated carbocycles. The molecule has 1 aliphatic rings. The third-order valence-electron chi connectivity index (χ3n) is 4.41. The lowest BCUT2D eigenvalue weighted by Crippen LogP contribution is -2.47. The van der Waals surface area contributed by atoms with Gasteiger partial charge in [0.2, 0.25) is 10.9 Å². The predicted molar refractivity (Wildman–Crippen MR) is 99.8 cm³/mol. The quantitative estimate of drug-likeness (QED) is 0.858. The molecule has 3 rings (SSSR count). The van der Waals surface area contributed by atoms with Gasteiger partial charge < -0.3 is 10.2 Å². The van der Waals surface area contributed by atoms with E-state index in [0.717, 1.165) is 36.8 Å². The number of amides is 2. The number of nitrogens with zero attached hydrogens (tertiary/aromatic N) is 4. The molecule has 26 heavy (non-hydrogen) atoms. The Kier molecular flexibility index (Phi) is 5.95. The molecule has 1 fully saturated rings. The van der Waals surface area contributed by atoms with Gasteiger partial charge in [0.05, 0.1) is 6.54 Å². The lowest BCUT2D eigenvalue weighted by molar-refractivity contribution is -0.130. The monoisotopic (exact) mass is 373 g/mol. The Labute approximate surface area is 157 Å². The van der Waals surface area contributed by atoms with Crippen molar-refractivity contribution in [1.29, 1.82) is 0 Å². The first-order chi connectivity index (χ1) is 12.5. The number of rotatable bonds is 5. The highest BCUT2D eigenvalue weighted by Crippen LogP contribution is 2.14. The van der Waals surface area contributed by atoms with Crippen LogP contribution in [-0.2, 0) is 17.9 Å². The van der Waals surface area contributed by atoms with Gasteiger partial charge in [-0.25, -0.2) is 0 Å². The average molecular weight is 373 g/mol. The zero-order chi connectivity index (χ0) is 18.5. The van der Waals surface area contributed by atoms with Crippen LogP contribution in [0, 0.1) is 6.92 Å². The van der Waals surface area contributed by atoms with E-state index >= 15 is 0 Å². The van der Waals surface area contributed by atoms with E-state index in [1.165, 1.54) is 16.9 Å². The van der Waals surface area contributed by atoms with Crippen molar-refractivity contribution in [3.05, 3.63) is 45.4 Å². The molecule has 2 heterocycles. The standard InChI is InChI=1S/C18H23N5O2S/c1-13-3-5-15(6-4-13)11-19-17(25)18-21-20-16(26-18)12-22-7-9-23(10-8-22)14(2)24/h3-6H,7-12H2,1-2H3,(H,19,25). The summed E-state index contributed by atoms with van der Waals surface area (Å²) in [6, 6.07) is 8.05. The fraction of sp³-hybridized carbons (Fsp3) is 0.444. The smallest absolute Gasteiger partial charge is 0.282 e. The third kappa shape index (κ3) is 4.86. The van der Waals surface area contributed by atoms with E-state index in [-0.39, 0.29) is 11.8 Å². The Morgan fingerprint density at radius 1 is 1.12 bits per heavy atom. The van der Waals surface area contributed by atoms with Gasteiger partial charge in [0.1, 0.15) is 5.01 Å². The molecule has 1 aromatic carbocycles. The topological polar surface area (TPSA) is 78.4 Å². The van der Waals surface area contributed by atoms with Crippen molar-refractivity contribution in [3.63, 3.8) is 0 Å². The molecule has 0 spiro atoms. The van der Waals surface area contributed by atoms with E-state index in [0.29, 0.717) is 18.1 Å². The second-order valence-corrected chi connectivity index (χ2v) is 7.51. The Balaban J connectivity index is 1.48. The SMILES string of the molecule is CC(=O)N1CCN(Cc2nnc(C(=O)NCc3ccc(C)cc3)s2)CC1. The summed E-state index contributed by atoms with van der Waals surface area (Å²) < 4.78 is 0. The van der Waals surface area contributed by atoms with E-state index in [9.17, 15) is 9.59 Å². The van der Waals surface area contributed by atoms with Crippen LogP contribution in [0.5, 0.6) is 0 Å². The normalized spacial score (nSPS) is 15.1. The van der Waals surface area contributed by atoms with E-state index in [4.69, 9.17) is 0 Å². The largest absolute Gasteiger partial charge is 0.346 e. The number of hydrogen-bond acceptors (Lipinski definition) is 6. The molecule has 7 nitrogen and oxygen atoms in total. The van der Waals surface area contributed by atoms with E-state index in [1.54, 1.807) is 6.92 Å². The Hall–Kier alpha value is -2.32. The molecule has 1 aromatic heterocycles. The summed E-state index contributed by atoms with van der Waals surface area (Å²) >= 11 is 1.32. The summed E-state index contributed by atoms with van der Waals surface area (Å²) in [5, 5.41) is 12.2.